The third-order valence-electron chi connectivity index (χ3n) is 1.99. The first kappa shape index (κ1) is 12.4. The second-order valence-corrected chi connectivity index (χ2v) is 3.17. The first-order chi connectivity index (χ1) is 6.41. The summed E-state index contributed by atoms with van der Waals surface area (Å²) < 4.78 is 4.56. The monoisotopic (exact) mass is 188 g/mol. The van der Waals surface area contributed by atoms with Gasteiger partial charge in [0.1, 0.15) is 0 Å². The van der Waals surface area contributed by atoms with E-state index in [1.807, 2.05) is 0 Å². The van der Waals surface area contributed by atoms with E-state index >= 15 is 0 Å². The molecule has 0 atom stereocenters. The van der Waals surface area contributed by atoms with Gasteiger partial charge in [-0.05, 0) is 12.8 Å². The molecule has 0 aliphatic carbocycles. The summed E-state index contributed by atoms with van der Waals surface area (Å²) in [5.74, 6) is 0. The van der Waals surface area contributed by atoms with Gasteiger partial charge in [0, 0.05) is 6.61 Å². The molecule has 0 aliphatic heterocycles. The molecule has 3 nitrogen and oxygen atoms in total. The standard InChI is InChI=1S/C10H20O3/c11-8-6-4-2-1-3-5-7-9-13-10-12/h10-11H,1-9H2. The predicted octanol–water partition coefficient (Wildman–Crippen LogP) is 1.88. The van der Waals surface area contributed by atoms with Crippen molar-refractivity contribution < 1.29 is 14.6 Å². The van der Waals surface area contributed by atoms with Crippen LogP contribution in [-0.4, -0.2) is 24.8 Å². The van der Waals surface area contributed by atoms with Crippen molar-refractivity contribution in [3.8, 4) is 0 Å². The van der Waals surface area contributed by atoms with Gasteiger partial charge in [-0.25, -0.2) is 0 Å². The maximum atomic E-state index is 9.77. The van der Waals surface area contributed by atoms with Gasteiger partial charge in [-0.2, -0.15) is 0 Å². The van der Waals surface area contributed by atoms with Crippen LogP contribution in [0.3, 0.4) is 0 Å². The summed E-state index contributed by atoms with van der Waals surface area (Å²) in [7, 11) is 0. The maximum absolute atomic E-state index is 9.77. The lowest BCUT2D eigenvalue weighted by molar-refractivity contribution is -0.128. The average Bonchev–Trinajstić information content (AvgIpc) is 2.16. The summed E-state index contributed by atoms with van der Waals surface area (Å²) >= 11 is 0. The number of unbranched alkanes of at least 4 members (excludes halogenated alkanes) is 6. The number of hydrogen-bond donors (Lipinski definition) is 1. The Bertz CT molecular complexity index is 104. The molecule has 0 rings (SSSR count). The summed E-state index contributed by atoms with van der Waals surface area (Å²) in [6.45, 7) is 1.37. The van der Waals surface area contributed by atoms with Crippen LogP contribution in [0.15, 0.2) is 0 Å². The Kier molecular flexibility index (Phi) is 10.9. The van der Waals surface area contributed by atoms with Gasteiger partial charge in [-0.15, -0.1) is 0 Å². The summed E-state index contributed by atoms with van der Waals surface area (Å²) in [4.78, 5) is 9.77. The van der Waals surface area contributed by atoms with Crippen LogP contribution in [0.1, 0.15) is 44.9 Å². The van der Waals surface area contributed by atoms with Crippen molar-refractivity contribution in [2.45, 2.75) is 44.9 Å². The normalized spacial score (nSPS) is 9.92. The van der Waals surface area contributed by atoms with Crippen LogP contribution in [-0.2, 0) is 9.53 Å². The van der Waals surface area contributed by atoms with E-state index in [0.29, 0.717) is 19.7 Å². The van der Waals surface area contributed by atoms with Gasteiger partial charge in [-0.3, -0.25) is 4.79 Å². The molecule has 3 heteroatoms. The van der Waals surface area contributed by atoms with E-state index in [9.17, 15) is 4.79 Å². The van der Waals surface area contributed by atoms with Crippen molar-refractivity contribution in [2.24, 2.45) is 0 Å². The third-order valence-corrected chi connectivity index (χ3v) is 1.99. The number of aliphatic hydroxyl groups excluding tert-OH is 1. The van der Waals surface area contributed by atoms with Crippen molar-refractivity contribution in [1.82, 2.24) is 0 Å². The van der Waals surface area contributed by atoms with E-state index in [2.05, 4.69) is 4.74 Å². The second kappa shape index (κ2) is 11.4. The highest BCUT2D eigenvalue weighted by atomic mass is 16.5. The van der Waals surface area contributed by atoms with E-state index in [1.54, 1.807) is 0 Å². The lowest BCUT2D eigenvalue weighted by atomic mass is 10.1. The van der Waals surface area contributed by atoms with Gasteiger partial charge in [-0.1, -0.05) is 32.1 Å². The van der Waals surface area contributed by atoms with Gasteiger partial charge in [0.2, 0.25) is 0 Å². The van der Waals surface area contributed by atoms with Crippen molar-refractivity contribution in [1.29, 1.82) is 0 Å². The quantitative estimate of drug-likeness (QED) is 0.420. The van der Waals surface area contributed by atoms with Crippen LogP contribution in [0.4, 0.5) is 0 Å². The SMILES string of the molecule is O=COCCCCCCCCCO. The number of hydrogen-bond acceptors (Lipinski definition) is 3. The number of aliphatic hydroxyl groups is 1. The highest BCUT2D eigenvalue weighted by Gasteiger charge is 1.91. The van der Waals surface area contributed by atoms with Gasteiger partial charge >= 0.3 is 0 Å². The average molecular weight is 188 g/mol. The fourth-order valence-corrected chi connectivity index (χ4v) is 1.23. The van der Waals surface area contributed by atoms with Crippen molar-refractivity contribution in [2.75, 3.05) is 13.2 Å². The molecular formula is C10H20O3. The first-order valence-electron chi connectivity index (χ1n) is 5.08. The molecule has 0 bridgehead atoms. The lowest BCUT2D eigenvalue weighted by Gasteiger charge is -2.00. The van der Waals surface area contributed by atoms with Gasteiger partial charge in [0.25, 0.3) is 6.47 Å². The molecule has 0 aromatic carbocycles. The van der Waals surface area contributed by atoms with Crippen LogP contribution >= 0.6 is 0 Å². The van der Waals surface area contributed by atoms with E-state index < -0.39 is 0 Å². The Balaban J connectivity index is 2.79. The predicted molar refractivity (Wildman–Crippen MR) is 51.4 cm³/mol. The zero-order valence-electron chi connectivity index (χ0n) is 8.21. The van der Waals surface area contributed by atoms with E-state index in [-0.39, 0.29) is 0 Å². The van der Waals surface area contributed by atoms with Crippen LogP contribution in [0, 0.1) is 0 Å². The van der Waals surface area contributed by atoms with Gasteiger partial charge < -0.3 is 9.84 Å². The first-order valence-corrected chi connectivity index (χ1v) is 5.08. The Morgan fingerprint density at radius 2 is 1.46 bits per heavy atom. The third kappa shape index (κ3) is 11.4. The molecule has 0 heterocycles. The molecular weight excluding hydrogens is 168 g/mol. The highest BCUT2D eigenvalue weighted by molar-refractivity contribution is 5.36. The van der Waals surface area contributed by atoms with E-state index in [0.717, 1.165) is 25.7 Å². The molecule has 0 saturated heterocycles. The number of rotatable bonds is 10. The summed E-state index contributed by atoms with van der Waals surface area (Å²) in [6, 6.07) is 0. The number of carbonyl (C=O) groups is 1. The van der Waals surface area contributed by atoms with E-state index in [1.165, 1.54) is 19.3 Å². The number of carbonyl (C=O) groups excluding carboxylic acids is 1. The minimum absolute atomic E-state index is 0.313. The fraction of sp³-hybridized carbons (Fsp3) is 0.900. The summed E-state index contributed by atoms with van der Waals surface area (Å²) in [6.07, 6.45) is 7.78. The molecule has 0 fully saturated rings. The molecule has 0 aliphatic rings. The van der Waals surface area contributed by atoms with E-state index in [4.69, 9.17) is 5.11 Å². The highest BCUT2D eigenvalue weighted by Crippen LogP contribution is 2.06. The Hall–Kier alpha value is -0.570. The molecule has 0 aromatic rings. The van der Waals surface area contributed by atoms with Crippen LogP contribution in [0.25, 0.3) is 0 Å². The van der Waals surface area contributed by atoms with Gasteiger partial charge in [0.05, 0.1) is 6.61 Å². The molecule has 0 unspecified atom stereocenters. The van der Waals surface area contributed by atoms with Crippen molar-refractivity contribution >= 4 is 6.47 Å². The molecule has 1 N–H and O–H groups in total. The number of ether oxygens (including phenoxy) is 1. The molecule has 0 radical (unpaired) electrons. The van der Waals surface area contributed by atoms with Crippen LogP contribution < -0.4 is 0 Å². The molecule has 13 heavy (non-hydrogen) atoms. The Morgan fingerprint density at radius 1 is 0.923 bits per heavy atom. The summed E-state index contributed by atoms with van der Waals surface area (Å²) in [5, 5.41) is 8.52. The summed E-state index contributed by atoms with van der Waals surface area (Å²) in [5.41, 5.74) is 0. The molecule has 0 saturated carbocycles. The second-order valence-electron chi connectivity index (χ2n) is 3.17. The molecule has 0 spiro atoms. The van der Waals surface area contributed by atoms with Crippen molar-refractivity contribution in [3.05, 3.63) is 0 Å². The van der Waals surface area contributed by atoms with Crippen LogP contribution in [0.2, 0.25) is 0 Å². The Morgan fingerprint density at radius 3 is 2.00 bits per heavy atom. The maximum Gasteiger partial charge on any atom is 0.293 e. The van der Waals surface area contributed by atoms with Gasteiger partial charge in [0.15, 0.2) is 0 Å². The molecule has 78 valence electrons. The smallest absolute Gasteiger partial charge is 0.293 e. The van der Waals surface area contributed by atoms with Crippen LogP contribution in [0.5, 0.6) is 0 Å². The minimum atomic E-state index is 0.313. The zero-order chi connectivity index (χ0) is 9.78. The van der Waals surface area contributed by atoms with Crippen molar-refractivity contribution in [3.63, 3.8) is 0 Å². The molecule has 0 amide bonds. The topological polar surface area (TPSA) is 46.5 Å². The lowest BCUT2D eigenvalue weighted by Crippen LogP contribution is -1.91. The largest absolute Gasteiger partial charge is 0.468 e. The zero-order valence-corrected chi connectivity index (χ0v) is 8.21. The minimum Gasteiger partial charge on any atom is -0.468 e. The fourth-order valence-electron chi connectivity index (χ4n) is 1.23. The molecule has 0 aromatic heterocycles. The Labute approximate surface area is 80.1 Å².